The minimum atomic E-state index is -0.480. The monoisotopic (exact) mass is 580 g/mol. The largest absolute Gasteiger partial charge is 0.422 e. The molecule has 0 aromatic heterocycles. The fourth-order valence-electron chi connectivity index (χ4n) is 5.30. The smallest absolute Gasteiger partial charge is 0.343 e. The lowest BCUT2D eigenvalue weighted by Gasteiger charge is -2.19. The molecule has 6 aromatic rings. The van der Waals surface area contributed by atoms with E-state index in [9.17, 15) is 9.59 Å². The summed E-state index contributed by atoms with van der Waals surface area (Å²) >= 11 is 0. The maximum absolute atomic E-state index is 13.5. The zero-order valence-corrected chi connectivity index (χ0v) is 25.1. The summed E-state index contributed by atoms with van der Waals surface area (Å²) in [5, 5.41) is 3.65. The summed E-state index contributed by atoms with van der Waals surface area (Å²) in [7, 11) is 7.79. The highest BCUT2D eigenvalue weighted by Gasteiger charge is 2.23. The molecular weight excluding hydrogens is 548 g/mol. The van der Waals surface area contributed by atoms with E-state index in [0.29, 0.717) is 33.8 Å². The minimum Gasteiger partial charge on any atom is -0.422 e. The molecule has 6 nitrogen and oxygen atoms in total. The van der Waals surface area contributed by atoms with Crippen LogP contribution >= 0.6 is 0 Å². The zero-order valence-electron chi connectivity index (χ0n) is 25.1. The maximum atomic E-state index is 13.5. The van der Waals surface area contributed by atoms with E-state index in [1.54, 1.807) is 36.4 Å². The lowest BCUT2D eigenvalue weighted by atomic mass is 9.92. The van der Waals surface area contributed by atoms with E-state index < -0.39 is 11.9 Å². The number of benzene rings is 6. The number of anilines is 2. The summed E-state index contributed by atoms with van der Waals surface area (Å²) in [5.74, 6) is -0.220. The van der Waals surface area contributed by atoms with Gasteiger partial charge in [-0.1, -0.05) is 60.7 Å². The Morgan fingerprint density at radius 3 is 1.18 bits per heavy atom. The van der Waals surface area contributed by atoms with Gasteiger partial charge in [0.05, 0.1) is 11.1 Å². The summed E-state index contributed by atoms with van der Waals surface area (Å²) in [6.45, 7) is 0. The van der Waals surface area contributed by atoms with Gasteiger partial charge < -0.3 is 19.3 Å². The highest BCUT2D eigenvalue weighted by Crippen LogP contribution is 2.46. The first-order valence-corrected chi connectivity index (χ1v) is 14.3. The van der Waals surface area contributed by atoms with Crippen LogP contribution in [-0.4, -0.2) is 40.1 Å². The summed E-state index contributed by atoms with van der Waals surface area (Å²) < 4.78 is 12.3. The highest BCUT2D eigenvalue weighted by atomic mass is 16.5. The second kappa shape index (κ2) is 11.9. The van der Waals surface area contributed by atoms with Gasteiger partial charge in [-0.05, 0) is 82.2 Å². The van der Waals surface area contributed by atoms with Gasteiger partial charge in [-0.2, -0.15) is 0 Å². The Morgan fingerprint density at radius 2 is 0.818 bits per heavy atom. The molecule has 0 heterocycles. The predicted molar refractivity (Wildman–Crippen MR) is 178 cm³/mol. The topological polar surface area (TPSA) is 59.1 Å². The number of hydrogen-bond donors (Lipinski definition) is 0. The van der Waals surface area contributed by atoms with Crippen LogP contribution in [0.25, 0.3) is 32.7 Å². The number of rotatable bonds is 7. The van der Waals surface area contributed by atoms with Gasteiger partial charge in [0.1, 0.15) is 11.5 Å². The molecule has 0 fully saturated rings. The third-order valence-corrected chi connectivity index (χ3v) is 7.68. The highest BCUT2D eigenvalue weighted by molar-refractivity contribution is 6.11. The third-order valence-electron chi connectivity index (χ3n) is 7.68. The van der Waals surface area contributed by atoms with Crippen molar-refractivity contribution in [3.8, 4) is 22.6 Å². The molecule has 0 atom stereocenters. The van der Waals surface area contributed by atoms with E-state index in [0.717, 1.165) is 32.9 Å². The molecule has 0 unspecified atom stereocenters. The van der Waals surface area contributed by atoms with Crippen molar-refractivity contribution in [2.75, 3.05) is 38.0 Å². The molecule has 6 aromatic carbocycles. The van der Waals surface area contributed by atoms with Gasteiger partial charge in [-0.3, -0.25) is 0 Å². The molecule has 0 aliphatic heterocycles. The van der Waals surface area contributed by atoms with E-state index in [4.69, 9.17) is 9.47 Å². The molecule has 218 valence electrons. The average molecular weight is 581 g/mol. The summed E-state index contributed by atoms with van der Waals surface area (Å²) in [6.07, 6.45) is 0. The molecule has 0 aliphatic rings. The summed E-state index contributed by atoms with van der Waals surface area (Å²) in [4.78, 5) is 30.9. The van der Waals surface area contributed by atoms with Crippen molar-refractivity contribution >= 4 is 44.9 Å². The molecular formula is C38H32N2O4. The van der Waals surface area contributed by atoms with Gasteiger partial charge in [0, 0.05) is 50.7 Å². The minimum absolute atomic E-state index is 0.370. The molecule has 6 rings (SSSR count). The van der Waals surface area contributed by atoms with Crippen LogP contribution in [-0.2, 0) is 0 Å². The molecule has 0 amide bonds. The van der Waals surface area contributed by atoms with Crippen LogP contribution in [0.5, 0.6) is 11.5 Å². The van der Waals surface area contributed by atoms with Gasteiger partial charge in [-0.15, -0.1) is 0 Å². The number of nitrogens with zero attached hydrogens (tertiary/aromatic N) is 2. The predicted octanol–water partition coefficient (Wildman–Crippen LogP) is 8.23. The van der Waals surface area contributed by atoms with Crippen LogP contribution in [0.4, 0.5) is 11.4 Å². The summed E-state index contributed by atoms with van der Waals surface area (Å²) in [5.41, 5.74) is 4.16. The lowest BCUT2D eigenvalue weighted by Crippen LogP contribution is -2.12. The number of carbonyl (C=O) groups excluding carboxylic acids is 2. The maximum Gasteiger partial charge on any atom is 0.343 e. The molecule has 0 saturated carbocycles. The van der Waals surface area contributed by atoms with Crippen LogP contribution in [0.2, 0.25) is 0 Å². The molecule has 0 saturated heterocycles. The molecule has 6 heteroatoms. The Morgan fingerprint density at radius 1 is 0.455 bits per heavy atom. The van der Waals surface area contributed by atoms with Crippen molar-refractivity contribution in [1.29, 1.82) is 0 Å². The Bertz CT molecular complexity index is 1850. The number of fused-ring (bicyclic) bond motifs is 2. The second-order valence-electron chi connectivity index (χ2n) is 11.0. The van der Waals surface area contributed by atoms with Crippen LogP contribution in [0, 0.1) is 0 Å². The normalized spacial score (nSPS) is 10.9. The van der Waals surface area contributed by atoms with E-state index in [-0.39, 0.29) is 0 Å². The number of hydrogen-bond acceptors (Lipinski definition) is 6. The van der Waals surface area contributed by atoms with Crippen molar-refractivity contribution in [1.82, 2.24) is 0 Å². The first-order chi connectivity index (χ1) is 21.3. The standard InChI is InChI=1S/C38H32N2O4/c1-39(2)29-19-13-27(14-20-29)37(41)43-33-23-17-25-9-5-7-11-31(25)35(33)36-32-12-8-6-10-26(32)18-24-34(36)44-38(42)28-15-21-30(22-16-28)40(3)4/h5-24H,1-4H3. The van der Waals surface area contributed by atoms with E-state index in [2.05, 4.69) is 0 Å². The SMILES string of the molecule is CN(C)c1ccc(C(=O)Oc2ccc3ccccc3c2-c2c(OC(=O)c3ccc(N(C)C)cc3)ccc3ccccc23)cc1. The van der Waals surface area contributed by atoms with Crippen LogP contribution < -0.4 is 19.3 Å². The third kappa shape index (κ3) is 5.57. The van der Waals surface area contributed by atoms with Crippen LogP contribution in [0.1, 0.15) is 20.7 Å². The van der Waals surface area contributed by atoms with Crippen molar-refractivity contribution in [3.05, 3.63) is 132 Å². The van der Waals surface area contributed by atoms with E-state index in [1.807, 2.05) is 123 Å². The number of esters is 2. The van der Waals surface area contributed by atoms with Gasteiger partial charge in [-0.25, -0.2) is 9.59 Å². The van der Waals surface area contributed by atoms with Gasteiger partial charge in [0.25, 0.3) is 0 Å². The molecule has 0 N–H and O–H groups in total. The fraction of sp³-hybridized carbons (Fsp3) is 0.105. The van der Waals surface area contributed by atoms with Crippen LogP contribution in [0.15, 0.2) is 121 Å². The fourth-order valence-corrected chi connectivity index (χ4v) is 5.30. The first-order valence-electron chi connectivity index (χ1n) is 14.3. The Hall–Kier alpha value is -5.62. The average Bonchev–Trinajstić information content (AvgIpc) is 3.05. The number of carbonyl (C=O) groups is 2. The Balaban J connectivity index is 1.49. The molecule has 0 spiro atoms. The quantitative estimate of drug-likeness (QED) is 0.140. The van der Waals surface area contributed by atoms with E-state index >= 15 is 0 Å². The molecule has 0 aliphatic carbocycles. The van der Waals surface area contributed by atoms with Crippen LogP contribution in [0.3, 0.4) is 0 Å². The summed E-state index contributed by atoms with van der Waals surface area (Å²) in [6, 6.07) is 37.8. The molecule has 0 bridgehead atoms. The van der Waals surface area contributed by atoms with Crippen molar-refractivity contribution in [2.24, 2.45) is 0 Å². The Labute approximate surface area is 256 Å². The molecule has 0 radical (unpaired) electrons. The van der Waals surface area contributed by atoms with Crippen molar-refractivity contribution in [3.63, 3.8) is 0 Å². The van der Waals surface area contributed by atoms with Crippen molar-refractivity contribution < 1.29 is 19.1 Å². The lowest BCUT2D eigenvalue weighted by molar-refractivity contribution is 0.0723. The first kappa shape index (κ1) is 28.5. The van der Waals surface area contributed by atoms with Crippen molar-refractivity contribution in [2.45, 2.75) is 0 Å². The van der Waals surface area contributed by atoms with Gasteiger partial charge >= 0.3 is 11.9 Å². The second-order valence-corrected chi connectivity index (χ2v) is 11.0. The zero-order chi connectivity index (χ0) is 30.8. The van der Waals surface area contributed by atoms with E-state index in [1.165, 1.54) is 0 Å². The van der Waals surface area contributed by atoms with Gasteiger partial charge in [0.2, 0.25) is 0 Å². The Kier molecular flexibility index (Phi) is 7.73. The number of ether oxygens (including phenoxy) is 2. The molecule has 44 heavy (non-hydrogen) atoms. The van der Waals surface area contributed by atoms with Gasteiger partial charge in [0.15, 0.2) is 0 Å².